The van der Waals surface area contributed by atoms with Gasteiger partial charge in [-0.15, -0.1) is 0 Å². The summed E-state index contributed by atoms with van der Waals surface area (Å²) in [5.74, 6) is 0.884. The van der Waals surface area contributed by atoms with Gasteiger partial charge in [0.1, 0.15) is 12.4 Å². The van der Waals surface area contributed by atoms with Crippen LogP contribution in [0.2, 0.25) is 0 Å². The number of ether oxygens (including phenoxy) is 1. The molecule has 1 N–H and O–H groups in total. The van der Waals surface area contributed by atoms with E-state index in [4.69, 9.17) is 11.2 Å². The smallest absolute Gasteiger partial charge is 0.119 e. The SMILES string of the molecule is C#CNC(C)Cc1ccc(OCc2ccccc2)cc1. The lowest BCUT2D eigenvalue weighted by molar-refractivity contribution is 0.306. The fraction of sp³-hybridized carbons (Fsp3) is 0.222. The van der Waals surface area contributed by atoms with Gasteiger partial charge in [0.25, 0.3) is 0 Å². The Labute approximate surface area is 120 Å². The maximum absolute atomic E-state index is 5.75. The summed E-state index contributed by atoms with van der Waals surface area (Å²) in [4.78, 5) is 0. The van der Waals surface area contributed by atoms with Crippen LogP contribution in [0.4, 0.5) is 0 Å². The molecule has 0 bridgehead atoms. The Hall–Kier alpha value is -2.40. The molecule has 0 aromatic heterocycles. The molecular formula is C18H19NO. The van der Waals surface area contributed by atoms with Crippen LogP contribution in [0.25, 0.3) is 0 Å². The maximum atomic E-state index is 5.75. The Morgan fingerprint density at radius 2 is 1.75 bits per heavy atom. The zero-order valence-electron chi connectivity index (χ0n) is 11.7. The van der Waals surface area contributed by atoms with Crippen LogP contribution in [0.3, 0.4) is 0 Å². The third-order valence-corrected chi connectivity index (χ3v) is 3.04. The summed E-state index contributed by atoms with van der Waals surface area (Å²) >= 11 is 0. The van der Waals surface area contributed by atoms with E-state index in [2.05, 4.69) is 42.6 Å². The Bertz CT molecular complexity index is 554. The molecule has 0 saturated heterocycles. The van der Waals surface area contributed by atoms with E-state index in [9.17, 15) is 0 Å². The molecule has 102 valence electrons. The molecule has 0 amide bonds. The summed E-state index contributed by atoms with van der Waals surface area (Å²) in [7, 11) is 0. The molecule has 20 heavy (non-hydrogen) atoms. The summed E-state index contributed by atoms with van der Waals surface area (Å²) in [5.41, 5.74) is 2.41. The highest BCUT2D eigenvalue weighted by Crippen LogP contribution is 2.15. The van der Waals surface area contributed by atoms with Crippen molar-refractivity contribution in [1.29, 1.82) is 0 Å². The van der Waals surface area contributed by atoms with Crippen molar-refractivity contribution in [2.45, 2.75) is 26.0 Å². The third kappa shape index (κ3) is 4.37. The van der Waals surface area contributed by atoms with Crippen molar-refractivity contribution in [2.24, 2.45) is 0 Å². The van der Waals surface area contributed by atoms with Crippen LogP contribution in [-0.4, -0.2) is 6.04 Å². The van der Waals surface area contributed by atoms with Crippen LogP contribution < -0.4 is 10.1 Å². The standard InChI is InChI=1S/C18H19NO/c1-3-19-15(2)13-16-9-11-18(12-10-16)20-14-17-7-5-4-6-8-17/h1,4-12,15,19H,13-14H2,2H3. The van der Waals surface area contributed by atoms with E-state index in [1.165, 1.54) is 11.1 Å². The van der Waals surface area contributed by atoms with Gasteiger partial charge in [-0.3, -0.25) is 0 Å². The first-order valence-electron chi connectivity index (χ1n) is 6.74. The third-order valence-electron chi connectivity index (χ3n) is 3.04. The van der Waals surface area contributed by atoms with Gasteiger partial charge in [-0.25, -0.2) is 0 Å². The molecule has 1 unspecified atom stereocenters. The van der Waals surface area contributed by atoms with Gasteiger partial charge in [-0.1, -0.05) is 48.9 Å². The number of benzene rings is 2. The highest BCUT2D eigenvalue weighted by molar-refractivity contribution is 5.28. The molecule has 0 aliphatic carbocycles. The van der Waals surface area contributed by atoms with Gasteiger partial charge in [0.2, 0.25) is 0 Å². The monoisotopic (exact) mass is 265 g/mol. The van der Waals surface area contributed by atoms with Crippen molar-refractivity contribution >= 4 is 0 Å². The molecular weight excluding hydrogens is 246 g/mol. The summed E-state index contributed by atoms with van der Waals surface area (Å²) in [6, 6.07) is 21.0. The minimum Gasteiger partial charge on any atom is -0.489 e. The van der Waals surface area contributed by atoms with Crippen molar-refractivity contribution in [3.63, 3.8) is 0 Å². The zero-order chi connectivity index (χ0) is 14.2. The first kappa shape index (κ1) is 14.0. The van der Waals surface area contributed by atoms with Crippen molar-refractivity contribution in [1.82, 2.24) is 5.32 Å². The first-order valence-corrected chi connectivity index (χ1v) is 6.74. The second-order valence-electron chi connectivity index (χ2n) is 4.81. The molecule has 0 saturated carbocycles. The highest BCUT2D eigenvalue weighted by atomic mass is 16.5. The Morgan fingerprint density at radius 1 is 1.05 bits per heavy atom. The second-order valence-corrected chi connectivity index (χ2v) is 4.81. The molecule has 0 fully saturated rings. The molecule has 2 aromatic carbocycles. The number of hydrogen-bond donors (Lipinski definition) is 1. The van der Waals surface area contributed by atoms with Crippen LogP contribution >= 0.6 is 0 Å². The summed E-state index contributed by atoms with van der Waals surface area (Å²) in [6.07, 6.45) is 6.13. The molecule has 0 aliphatic heterocycles. The number of nitrogens with one attached hydrogen (secondary N) is 1. The molecule has 0 spiro atoms. The summed E-state index contributed by atoms with van der Waals surface area (Å²) < 4.78 is 5.75. The first-order chi connectivity index (χ1) is 9.78. The molecule has 1 atom stereocenters. The van der Waals surface area contributed by atoms with Crippen LogP contribution in [0.1, 0.15) is 18.1 Å². The van der Waals surface area contributed by atoms with E-state index in [1.54, 1.807) is 0 Å². The largest absolute Gasteiger partial charge is 0.489 e. The fourth-order valence-electron chi connectivity index (χ4n) is 2.01. The minimum absolute atomic E-state index is 0.274. The van der Waals surface area contributed by atoms with Crippen LogP contribution in [0.5, 0.6) is 5.75 Å². The zero-order valence-corrected chi connectivity index (χ0v) is 11.7. The van der Waals surface area contributed by atoms with E-state index in [1.807, 2.05) is 30.3 Å². The molecule has 0 aliphatic rings. The van der Waals surface area contributed by atoms with Gasteiger partial charge in [0.05, 0.1) is 0 Å². The quantitative estimate of drug-likeness (QED) is 0.638. The van der Waals surface area contributed by atoms with E-state index in [0.717, 1.165) is 12.2 Å². The fourth-order valence-corrected chi connectivity index (χ4v) is 2.01. The summed E-state index contributed by atoms with van der Waals surface area (Å²) in [5, 5.41) is 2.95. The normalized spacial score (nSPS) is 11.4. The van der Waals surface area contributed by atoms with Crippen molar-refractivity contribution in [3.05, 3.63) is 65.7 Å². The van der Waals surface area contributed by atoms with Crippen LogP contribution in [-0.2, 0) is 13.0 Å². The Morgan fingerprint density at radius 3 is 2.40 bits per heavy atom. The highest BCUT2D eigenvalue weighted by Gasteiger charge is 2.02. The molecule has 0 heterocycles. The lowest BCUT2D eigenvalue weighted by Gasteiger charge is -2.11. The average Bonchev–Trinajstić information content (AvgIpc) is 2.48. The Kier molecular flexibility index (Phi) is 5.08. The summed E-state index contributed by atoms with van der Waals surface area (Å²) in [6.45, 7) is 2.66. The second kappa shape index (κ2) is 7.25. The predicted molar refractivity (Wildman–Crippen MR) is 82.4 cm³/mol. The van der Waals surface area contributed by atoms with Crippen molar-refractivity contribution in [3.8, 4) is 18.2 Å². The van der Waals surface area contributed by atoms with Gasteiger partial charge >= 0.3 is 0 Å². The lowest BCUT2D eigenvalue weighted by atomic mass is 10.1. The average molecular weight is 265 g/mol. The van der Waals surface area contributed by atoms with E-state index in [0.29, 0.717) is 6.61 Å². The number of hydrogen-bond acceptors (Lipinski definition) is 2. The van der Waals surface area contributed by atoms with E-state index < -0.39 is 0 Å². The molecule has 2 heteroatoms. The topological polar surface area (TPSA) is 21.3 Å². The maximum Gasteiger partial charge on any atom is 0.119 e. The molecule has 2 rings (SSSR count). The van der Waals surface area contributed by atoms with E-state index in [-0.39, 0.29) is 6.04 Å². The van der Waals surface area contributed by atoms with E-state index >= 15 is 0 Å². The van der Waals surface area contributed by atoms with Crippen LogP contribution in [0, 0.1) is 12.5 Å². The van der Waals surface area contributed by atoms with Gasteiger partial charge in [0.15, 0.2) is 0 Å². The van der Waals surface area contributed by atoms with Gasteiger partial charge in [-0.05, 0) is 36.6 Å². The van der Waals surface area contributed by atoms with Gasteiger partial charge in [0, 0.05) is 12.1 Å². The van der Waals surface area contributed by atoms with Crippen molar-refractivity contribution < 1.29 is 4.74 Å². The number of rotatable bonds is 6. The van der Waals surface area contributed by atoms with Gasteiger partial charge < -0.3 is 10.1 Å². The Balaban J connectivity index is 1.87. The minimum atomic E-state index is 0.274. The van der Waals surface area contributed by atoms with Gasteiger partial charge in [-0.2, -0.15) is 0 Å². The molecule has 2 aromatic rings. The van der Waals surface area contributed by atoms with Crippen LogP contribution in [0.15, 0.2) is 54.6 Å². The van der Waals surface area contributed by atoms with Crippen molar-refractivity contribution in [2.75, 3.05) is 0 Å². The lowest BCUT2D eigenvalue weighted by Crippen LogP contribution is -2.22. The number of terminal acetylenes is 1. The molecule has 2 nitrogen and oxygen atoms in total. The molecule has 0 radical (unpaired) electrons. The predicted octanol–water partition coefficient (Wildman–Crippen LogP) is 3.38.